The predicted molar refractivity (Wildman–Crippen MR) is 119 cm³/mol. The van der Waals surface area contributed by atoms with Gasteiger partial charge in [-0.2, -0.15) is 0 Å². The Morgan fingerprint density at radius 3 is 2.33 bits per heavy atom. The number of halogens is 1. The summed E-state index contributed by atoms with van der Waals surface area (Å²) in [5, 5.41) is 7.97. The van der Waals surface area contributed by atoms with Crippen molar-refractivity contribution in [1.82, 2.24) is 5.32 Å². The van der Waals surface area contributed by atoms with Crippen LogP contribution in [0, 0.1) is 0 Å². The molecule has 0 radical (unpaired) electrons. The highest BCUT2D eigenvalue weighted by atomic mass is 79.9. The average Bonchev–Trinajstić information content (AvgIpc) is 2.73. The Bertz CT molecular complexity index is 1130. The molecule has 0 unspecified atom stereocenters. The van der Waals surface area contributed by atoms with E-state index in [1.54, 1.807) is 30.3 Å². The minimum absolute atomic E-state index is 0.0615. The van der Waals surface area contributed by atoms with E-state index in [9.17, 15) is 13.2 Å². The fraction of sp³-hybridized carbons (Fsp3) is 0.136. The molecule has 0 atom stereocenters. The van der Waals surface area contributed by atoms with Crippen LogP contribution in [-0.4, -0.2) is 20.9 Å². The first-order valence-electron chi connectivity index (χ1n) is 9.20. The smallest absolute Gasteiger partial charge is 0.255 e. The van der Waals surface area contributed by atoms with Crippen molar-refractivity contribution < 1.29 is 17.9 Å². The Hall–Kier alpha value is -2.68. The molecule has 30 heavy (non-hydrogen) atoms. The second-order valence-electron chi connectivity index (χ2n) is 6.57. The SMILES string of the molecule is NS(=O)(=O)c1ccc(CCNC(=O)c2ccccc2OCc2ccccc2Br)cc1. The van der Waals surface area contributed by atoms with Gasteiger partial charge in [-0.15, -0.1) is 0 Å². The lowest BCUT2D eigenvalue weighted by Gasteiger charge is -2.12. The molecule has 0 aliphatic carbocycles. The van der Waals surface area contributed by atoms with Crippen LogP contribution < -0.4 is 15.2 Å². The molecule has 156 valence electrons. The van der Waals surface area contributed by atoms with Crippen LogP contribution in [0.5, 0.6) is 5.75 Å². The van der Waals surface area contributed by atoms with Crippen LogP contribution in [0.2, 0.25) is 0 Å². The Balaban J connectivity index is 1.58. The van der Waals surface area contributed by atoms with Crippen molar-refractivity contribution in [2.45, 2.75) is 17.9 Å². The highest BCUT2D eigenvalue weighted by Gasteiger charge is 2.13. The van der Waals surface area contributed by atoms with Gasteiger partial charge in [0.15, 0.2) is 0 Å². The van der Waals surface area contributed by atoms with Gasteiger partial charge in [0, 0.05) is 16.6 Å². The van der Waals surface area contributed by atoms with E-state index < -0.39 is 10.0 Å². The summed E-state index contributed by atoms with van der Waals surface area (Å²) in [6, 6.07) is 21.1. The van der Waals surface area contributed by atoms with Crippen LogP contribution in [0.25, 0.3) is 0 Å². The van der Waals surface area contributed by atoms with Crippen LogP contribution >= 0.6 is 15.9 Å². The number of benzene rings is 3. The molecule has 3 aromatic rings. The van der Waals surface area contributed by atoms with Gasteiger partial charge < -0.3 is 10.1 Å². The second-order valence-corrected chi connectivity index (χ2v) is 8.99. The van der Waals surface area contributed by atoms with Crippen molar-refractivity contribution in [1.29, 1.82) is 0 Å². The molecule has 0 fully saturated rings. The predicted octanol–water partition coefficient (Wildman–Crippen LogP) is 3.65. The van der Waals surface area contributed by atoms with Gasteiger partial charge in [0.1, 0.15) is 12.4 Å². The summed E-state index contributed by atoms with van der Waals surface area (Å²) in [7, 11) is -3.71. The number of carbonyl (C=O) groups is 1. The van der Waals surface area contributed by atoms with Crippen LogP contribution in [0.15, 0.2) is 82.2 Å². The van der Waals surface area contributed by atoms with Gasteiger partial charge in [0.2, 0.25) is 10.0 Å². The summed E-state index contributed by atoms with van der Waals surface area (Å²) in [5.74, 6) is 0.266. The van der Waals surface area contributed by atoms with Gasteiger partial charge in [-0.3, -0.25) is 4.79 Å². The van der Waals surface area contributed by atoms with Crippen LogP contribution in [0.4, 0.5) is 0 Å². The lowest BCUT2D eigenvalue weighted by molar-refractivity contribution is 0.0949. The van der Waals surface area contributed by atoms with Crippen LogP contribution in [0.1, 0.15) is 21.5 Å². The largest absolute Gasteiger partial charge is 0.488 e. The molecule has 0 saturated carbocycles. The molecule has 0 saturated heterocycles. The highest BCUT2D eigenvalue weighted by molar-refractivity contribution is 9.10. The van der Waals surface area contributed by atoms with E-state index in [1.165, 1.54) is 12.1 Å². The lowest BCUT2D eigenvalue weighted by atomic mass is 10.1. The molecule has 3 N–H and O–H groups in total. The maximum atomic E-state index is 12.6. The maximum Gasteiger partial charge on any atom is 0.255 e. The monoisotopic (exact) mass is 488 g/mol. The number of rotatable bonds is 8. The van der Waals surface area contributed by atoms with E-state index in [0.29, 0.717) is 30.9 Å². The third-order valence-electron chi connectivity index (χ3n) is 4.42. The molecule has 3 aromatic carbocycles. The summed E-state index contributed by atoms with van der Waals surface area (Å²) >= 11 is 3.49. The molecular weight excluding hydrogens is 468 g/mol. The number of amides is 1. The van der Waals surface area contributed by atoms with E-state index in [0.717, 1.165) is 15.6 Å². The number of primary sulfonamides is 1. The van der Waals surface area contributed by atoms with Crippen molar-refractivity contribution in [3.8, 4) is 5.75 Å². The average molecular weight is 489 g/mol. The number of sulfonamides is 1. The molecule has 6 nitrogen and oxygen atoms in total. The third-order valence-corrected chi connectivity index (χ3v) is 6.13. The molecule has 0 bridgehead atoms. The normalized spacial score (nSPS) is 11.1. The zero-order valence-corrected chi connectivity index (χ0v) is 18.4. The Morgan fingerprint density at radius 1 is 0.967 bits per heavy atom. The van der Waals surface area contributed by atoms with E-state index >= 15 is 0 Å². The number of hydrogen-bond acceptors (Lipinski definition) is 4. The van der Waals surface area contributed by atoms with E-state index in [-0.39, 0.29) is 10.8 Å². The number of ether oxygens (including phenoxy) is 1. The lowest BCUT2D eigenvalue weighted by Crippen LogP contribution is -2.26. The van der Waals surface area contributed by atoms with Crippen molar-refractivity contribution >= 4 is 31.9 Å². The first kappa shape index (κ1) is 22.0. The van der Waals surface area contributed by atoms with Crippen LogP contribution in [0.3, 0.4) is 0 Å². The van der Waals surface area contributed by atoms with Crippen molar-refractivity contribution in [2.24, 2.45) is 5.14 Å². The van der Waals surface area contributed by atoms with Crippen LogP contribution in [-0.2, 0) is 23.1 Å². The van der Waals surface area contributed by atoms with Crippen molar-refractivity contribution in [2.75, 3.05) is 6.54 Å². The molecule has 3 rings (SSSR count). The summed E-state index contributed by atoms with van der Waals surface area (Å²) in [6.07, 6.45) is 0.552. The maximum absolute atomic E-state index is 12.6. The molecule has 1 amide bonds. The molecular formula is C22H21BrN2O4S. The van der Waals surface area contributed by atoms with E-state index in [2.05, 4.69) is 21.2 Å². The molecule has 0 aliphatic heterocycles. The Morgan fingerprint density at radius 2 is 1.63 bits per heavy atom. The fourth-order valence-electron chi connectivity index (χ4n) is 2.81. The van der Waals surface area contributed by atoms with E-state index in [1.807, 2.05) is 30.3 Å². The molecule has 0 heterocycles. The second kappa shape index (κ2) is 9.88. The zero-order chi connectivity index (χ0) is 21.6. The molecule has 8 heteroatoms. The zero-order valence-electron chi connectivity index (χ0n) is 16.0. The quantitative estimate of drug-likeness (QED) is 0.505. The number of nitrogens with one attached hydrogen (secondary N) is 1. The van der Waals surface area contributed by atoms with E-state index in [4.69, 9.17) is 9.88 Å². The minimum Gasteiger partial charge on any atom is -0.488 e. The molecule has 0 aliphatic rings. The van der Waals surface area contributed by atoms with Gasteiger partial charge in [-0.25, -0.2) is 13.6 Å². The summed E-state index contributed by atoms with van der Waals surface area (Å²) in [5.41, 5.74) is 2.32. The number of hydrogen-bond donors (Lipinski definition) is 2. The molecule has 0 aromatic heterocycles. The van der Waals surface area contributed by atoms with Crippen molar-refractivity contribution in [3.63, 3.8) is 0 Å². The number of carbonyl (C=O) groups excluding carboxylic acids is 1. The fourth-order valence-corrected chi connectivity index (χ4v) is 3.73. The third kappa shape index (κ3) is 5.91. The Kier molecular flexibility index (Phi) is 7.25. The first-order chi connectivity index (χ1) is 14.3. The van der Waals surface area contributed by atoms with Gasteiger partial charge in [-0.05, 0) is 42.3 Å². The van der Waals surface area contributed by atoms with Crippen molar-refractivity contribution in [3.05, 3.63) is 94.0 Å². The van der Waals surface area contributed by atoms with Gasteiger partial charge >= 0.3 is 0 Å². The highest BCUT2D eigenvalue weighted by Crippen LogP contribution is 2.22. The number of para-hydroxylation sites is 1. The van der Waals surface area contributed by atoms with Gasteiger partial charge in [0.25, 0.3) is 5.91 Å². The summed E-state index contributed by atoms with van der Waals surface area (Å²) in [6.45, 7) is 0.730. The standard InChI is InChI=1S/C22H21BrN2O4S/c23-20-7-3-1-5-17(20)15-29-21-8-4-2-6-19(21)22(26)25-14-13-16-9-11-18(12-10-16)30(24,27)28/h1-12H,13-15H2,(H,25,26)(H2,24,27,28). The van der Waals surface area contributed by atoms with Gasteiger partial charge in [-0.1, -0.05) is 58.4 Å². The number of nitrogens with two attached hydrogens (primary N) is 1. The molecule has 0 spiro atoms. The Labute approximate surface area is 184 Å². The topological polar surface area (TPSA) is 98.5 Å². The summed E-state index contributed by atoms with van der Waals surface area (Å²) < 4.78 is 29.4. The minimum atomic E-state index is -3.71. The van der Waals surface area contributed by atoms with Gasteiger partial charge in [0.05, 0.1) is 10.5 Å². The first-order valence-corrected chi connectivity index (χ1v) is 11.5. The summed E-state index contributed by atoms with van der Waals surface area (Å²) in [4.78, 5) is 12.7.